The first-order valence-electron chi connectivity index (χ1n) is 8.86. The standard InChI is InChI=1S/C22H17F3N2O3/c1-30-20-6-5-17(12-18(20)22(23,24)25)27-21(29)13-19(28)16-4-2-3-15(11-16)14-7-9-26-10-8-14/h2-12H,13H2,1H3,(H,27,29). The minimum absolute atomic E-state index is 0.0774. The zero-order valence-corrected chi connectivity index (χ0v) is 15.9. The second-order valence-electron chi connectivity index (χ2n) is 6.38. The zero-order valence-electron chi connectivity index (χ0n) is 15.9. The van der Waals surface area contributed by atoms with Crippen molar-refractivity contribution in [2.75, 3.05) is 12.4 Å². The second-order valence-corrected chi connectivity index (χ2v) is 6.38. The average molecular weight is 414 g/mol. The number of nitrogens with zero attached hydrogens (tertiary/aromatic N) is 1. The van der Waals surface area contributed by atoms with Gasteiger partial charge in [0, 0.05) is 23.6 Å². The van der Waals surface area contributed by atoms with Crippen LogP contribution in [0.25, 0.3) is 11.1 Å². The molecule has 0 radical (unpaired) electrons. The van der Waals surface area contributed by atoms with Crippen molar-refractivity contribution in [2.24, 2.45) is 0 Å². The number of ether oxygens (including phenoxy) is 1. The van der Waals surface area contributed by atoms with Crippen LogP contribution in [0.4, 0.5) is 18.9 Å². The van der Waals surface area contributed by atoms with E-state index in [1.807, 2.05) is 6.07 Å². The summed E-state index contributed by atoms with van der Waals surface area (Å²) in [5.74, 6) is -1.52. The number of ketones is 1. The van der Waals surface area contributed by atoms with E-state index >= 15 is 0 Å². The highest BCUT2D eigenvalue weighted by Gasteiger charge is 2.34. The number of alkyl halides is 3. The van der Waals surface area contributed by atoms with Crippen LogP contribution < -0.4 is 10.1 Å². The topological polar surface area (TPSA) is 68.3 Å². The van der Waals surface area contributed by atoms with Gasteiger partial charge < -0.3 is 10.1 Å². The van der Waals surface area contributed by atoms with E-state index < -0.39 is 29.9 Å². The molecule has 1 amide bonds. The summed E-state index contributed by atoms with van der Waals surface area (Å²) in [5, 5.41) is 2.33. The third-order valence-corrected chi connectivity index (χ3v) is 4.31. The molecule has 5 nitrogen and oxygen atoms in total. The largest absolute Gasteiger partial charge is 0.496 e. The molecule has 8 heteroatoms. The monoisotopic (exact) mass is 414 g/mol. The summed E-state index contributed by atoms with van der Waals surface area (Å²) < 4.78 is 44.0. The van der Waals surface area contributed by atoms with E-state index in [-0.39, 0.29) is 11.4 Å². The van der Waals surface area contributed by atoms with Gasteiger partial charge in [0.2, 0.25) is 5.91 Å². The van der Waals surface area contributed by atoms with E-state index in [2.05, 4.69) is 10.3 Å². The number of carbonyl (C=O) groups is 2. The molecule has 1 N–H and O–H groups in total. The Hall–Kier alpha value is -3.68. The maximum absolute atomic E-state index is 13.1. The fourth-order valence-electron chi connectivity index (χ4n) is 2.88. The molecule has 0 atom stereocenters. The second kappa shape index (κ2) is 8.77. The van der Waals surface area contributed by atoms with E-state index in [1.165, 1.54) is 6.07 Å². The molecule has 0 fully saturated rings. The number of methoxy groups -OCH3 is 1. The van der Waals surface area contributed by atoms with E-state index in [1.54, 1.807) is 42.7 Å². The minimum Gasteiger partial charge on any atom is -0.496 e. The Morgan fingerprint density at radius 2 is 1.73 bits per heavy atom. The van der Waals surface area contributed by atoms with Gasteiger partial charge in [-0.15, -0.1) is 0 Å². The average Bonchev–Trinajstić information content (AvgIpc) is 2.73. The smallest absolute Gasteiger partial charge is 0.420 e. The fourth-order valence-corrected chi connectivity index (χ4v) is 2.88. The molecule has 0 saturated heterocycles. The van der Waals surface area contributed by atoms with Crippen LogP contribution in [0.15, 0.2) is 67.0 Å². The molecule has 0 saturated carbocycles. The van der Waals surface area contributed by atoms with Crippen LogP contribution >= 0.6 is 0 Å². The number of hydrogen-bond donors (Lipinski definition) is 1. The lowest BCUT2D eigenvalue weighted by Gasteiger charge is -2.14. The van der Waals surface area contributed by atoms with E-state index in [0.717, 1.165) is 30.4 Å². The van der Waals surface area contributed by atoms with E-state index in [9.17, 15) is 22.8 Å². The van der Waals surface area contributed by atoms with Crippen molar-refractivity contribution in [2.45, 2.75) is 12.6 Å². The zero-order chi connectivity index (χ0) is 21.7. The molecule has 3 aromatic rings. The van der Waals surface area contributed by atoms with Crippen molar-refractivity contribution in [1.82, 2.24) is 4.98 Å². The number of halogens is 3. The molecule has 0 spiro atoms. The fraction of sp³-hybridized carbons (Fsp3) is 0.136. The van der Waals surface area contributed by atoms with Crippen molar-refractivity contribution in [1.29, 1.82) is 0 Å². The number of carbonyl (C=O) groups excluding carboxylic acids is 2. The molecular formula is C22H17F3N2O3. The van der Waals surface area contributed by atoms with Gasteiger partial charge in [-0.05, 0) is 47.5 Å². The minimum atomic E-state index is -4.64. The number of Topliss-reactive ketones (excluding diaryl/α,β-unsaturated/α-hetero) is 1. The molecule has 1 aromatic heterocycles. The first kappa shape index (κ1) is 21.0. The van der Waals surface area contributed by atoms with Gasteiger partial charge in [0.25, 0.3) is 0 Å². The van der Waals surface area contributed by atoms with E-state index in [4.69, 9.17) is 4.74 Å². The summed E-state index contributed by atoms with van der Waals surface area (Å²) in [4.78, 5) is 28.6. The van der Waals surface area contributed by atoms with Gasteiger partial charge in [-0.1, -0.05) is 18.2 Å². The van der Waals surface area contributed by atoms with Crippen LogP contribution in [0.3, 0.4) is 0 Å². The summed E-state index contributed by atoms with van der Waals surface area (Å²) in [7, 11) is 1.13. The molecule has 0 aliphatic carbocycles. The number of anilines is 1. The lowest BCUT2D eigenvalue weighted by Crippen LogP contribution is -2.17. The van der Waals surface area contributed by atoms with Crippen molar-refractivity contribution < 1.29 is 27.5 Å². The molecular weight excluding hydrogens is 397 g/mol. The number of benzene rings is 2. The Morgan fingerprint density at radius 3 is 2.40 bits per heavy atom. The first-order chi connectivity index (χ1) is 14.3. The number of rotatable bonds is 6. The molecule has 0 unspecified atom stereocenters. The number of pyridine rings is 1. The van der Waals surface area contributed by atoms with Crippen molar-refractivity contribution in [3.05, 3.63) is 78.1 Å². The van der Waals surface area contributed by atoms with Crippen LogP contribution in [0, 0.1) is 0 Å². The normalized spacial score (nSPS) is 11.1. The highest BCUT2D eigenvalue weighted by molar-refractivity contribution is 6.11. The van der Waals surface area contributed by atoms with Gasteiger partial charge in [0.1, 0.15) is 5.75 Å². The number of hydrogen-bond acceptors (Lipinski definition) is 4. The Morgan fingerprint density at radius 1 is 1.00 bits per heavy atom. The summed E-state index contributed by atoms with van der Waals surface area (Å²) in [6, 6.07) is 13.5. The van der Waals surface area contributed by atoms with Gasteiger partial charge >= 0.3 is 6.18 Å². The van der Waals surface area contributed by atoms with Gasteiger partial charge in [0.15, 0.2) is 5.78 Å². The predicted molar refractivity (Wildman–Crippen MR) is 105 cm³/mol. The molecule has 1 heterocycles. The third kappa shape index (κ3) is 5.02. The van der Waals surface area contributed by atoms with Crippen LogP contribution in [0.5, 0.6) is 5.75 Å². The predicted octanol–water partition coefficient (Wildman–Crippen LogP) is 4.99. The SMILES string of the molecule is COc1ccc(NC(=O)CC(=O)c2cccc(-c3ccncc3)c2)cc1C(F)(F)F. The Kier molecular flexibility index (Phi) is 6.15. The van der Waals surface area contributed by atoms with Crippen LogP contribution in [-0.4, -0.2) is 23.8 Å². The van der Waals surface area contributed by atoms with Crippen molar-refractivity contribution in [3.8, 4) is 16.9 Å². The number of nitrogens with one attached hydrogen (secondary N) is 1. The van der Waals surface area contributed by atoms with Gasteiger partial charge in [-0.2, -0.15) is 13.2 Å². The molecule has 0 aliphatic heterocycles. The van der Waals surface area contributed by atoms with Crippen LogP contribution in [0.2, 0.25) is 0 Å². The van der Waals surface area contributed by atoms with Crippen molar-refractivity contribution >= 4 is 17.4 Å². The van der Waals surface area contributed by atoms with Gasteiger partial charge in [-0.25, -0.2) is 0 Å². The Bertz CT molecular complexity index is 1070. The lowest BCUT2D eigenvalue weighted by molar-refractivity contribution is -0.138. The first-order valence-corrected chi connectivity index (χ1v) is 8.86. The Balaban J connectivity index is 1.72. The Labute approximate surface area is 170 Å². The molecule has 30 heavy (non-hydrogen) atoms. The summed E-state index contributed by atoms with van der Waals surface area (Å²) >= 11 is 0. The maximum atomic E-state index is 13.1. The summed E-state index contributed by atoms with van der Waals surface area (Å²) in [6.07, 6.45) is -1.90. The highest BCUT2D eigenvalue weighted by Crippen LogP contribution is 2.37. The van der Waals surface area contributed by atoms with Crippen LogP contribution in [0.1, 0.15) is 22.3 Å². The molecule has 154 valence electrons. The van der Waals surface area contributed by atoms with Gasteiger partial charge in [0.05, 0.1) is 19.1 Å². The number of amides is 1. The molecule has 0 bridgehead atoms. The maximum Gasteiger partial charge on any atom is 0.420 e. The third-order valence-electron chi connectivity index (χ3n) is 4.31. The highest BCUT2D eigenvalue weighted by atomic mass is 19.4. The van der Waals surface area contributed by atoms with E-state index in [0.29, 0.717) is 5.56 Å². The molecule has 0 aliphatic rings. The van der Waals surface area contributed by atoms with Crippen LogP contribution in [-0.2, 0) is 11.0 Å². The lowest BCUT2D eigenvalue weighted by atomic mass is 10.0. The van der Waals surface area contributed by atoms with Gasteiger partial charge in [-0.3, -0.25) is 14.6 Å². The summed E-state index contributed by atoms with van der Waals surface area (Å²) in [5.41, 5.74) is 0.881. The quantitative estimate of drug-likeness (QED) is 0.456. The summed E-state index contributed by atoms with van der Waals surface area (Å²) in [6.45, 7) is 0. The molecule has 2 aromatic carbocycles. The number of aromatic nitrogens is 1. The van der Waals surface area contributed by atoms with Crippen molar-refractivity contribution in [3.63, 3.8) is 0 Å². The molecule has 3 rings (SSSR count).